The van der Waals surface area contributed by atoms with E-state index in [1.807, 2.05) is 11.8 Å². The first kappa shape index (κ1) is 22.7. The van der Waals surface area contributed by atoms with Gasteiger partial charge in [0.1, 0.15) is 5.82 Å². The lowest BCUT2D eigenvalue weighted by molar-refractivity contribution is -0.137. The van der Waals surface area contributed by atoms with Gasteiger partial charge in [0.25, 0.3) is 0 Å². The van der Waals surface area contributed by atoms with Gasteiger partial charge in [0, 0.05) is 37.8 Å². The molecule has 2 rings (SSSR count). The van der Waals surface area contributed by atoms with Gasteiger partial charge in [0.2, 0.25) is 0 Å². The average molecular weight is 398 g/mol. The average Bonchev–Trinajstić information content (AvgIpc) is 2.44. The van der Waals surface area contributed by atoms with Crippen LogP contribution in [0, 0.1) is 5.82 Å². The van der Waals surface area contributed by atoms with Crippen molar-refractivity contribution in [2.45, 2.75) is 25.6 Å². The molecule has 1 atom stereocenters. The summed E-state index contributed by atoms with van der Waals surface area (Å²) in [5.41, 5.74) is -0.878. The summed E-state index contributed by atoms with van der Waals surface area (Å²) in [7, 11) is 0. The second-order valence-electron chi connectivity index (χ2n) is 5.07. The normalized spacial score (nSPS) is 17.1. The van der Waals surface area contributed by atoms with Crippen LogP contribution in [0.15, 0.2) is 12.1 Å². The van der Waals surface area contributed by atoms with E-state index in [4.69, 9.17) is 11.6 Å². The van der Waals surface area contributed by atoms with Gasteiger partial charge in [0.05, 0.1) is 10.6 Å². The van der Waals surface area contributed by atoms with Crippen LogP contribution in [0.1, 0.15) is 30.5 Å². The molecule has 0 radical (unpaired) electrons. The van der Waals surface area contributed by atoms with Crippen molar-refractivity contribution in [2.24, 2.45) is 0 Å². The molecule has 0 aliphatic carbocycles. The van der Waals surface area contributed by atoms with Gasteiger partial charge >= 0.3 is 6.18 Å². The molecule has 1 N–H and O–H groups in total. The Kier molecular flexibility index (Phi) is 9.17. The van der Waals surface area contributed by atoms with E-state index in [-0.39, 0.29) is 30.4 Å². The molecule has 0 spiro atoms. The van der Waals surface area contributed by atoms with Crippen molar-refractivity contribution in [1.82, 2.24) is 10.2 Å². The number of rotatable bonds is 3. The van der Waals surface area contributed by atoms with Crippen LogP contribution in [-0.4, -0.2) is 31.1 Å². The molecule has 0 amide bonds. The quantitative estimate of drug-likeness (QED) is 0.744. The predicted molar refractivity (Wildman–Crippen MR) is 88.4 cm³/mol. The van der Waals surface area contributed by atoms with E-state index >= 15 is 0 Å². The second kappa shape index (κ2) is 9.28. The van der Waals surface area contributed by atoms with Gasteiger partial charge in [-0.2, -0.15) is 13.2 Å². The van der Waals surface area contributed by atoms with Crippen molar-refractivity contribution in [1.29, 1.82) is 0 Å². The predicted octanol–water partition coefficient (Wildman–Crippen LogP) is 4.70. The molecule has 1 aliphatic rings. The monoisotopic (exact) mass is 396 g/mol. The molecule has 0 unspecified atom stereocenters. The summed E-state index contributed by atoms with van der Waals surface area (Å²) >= 11 is 5.66. The number of hydrogen-bond acceptors (Lipinski definition) is 2. The lowest BCUT2D eigenvalue weighted by atomic mass is 9.98. The molecule has 1 aromatic carbocycles. The number of nitrogens with zero attached hydrogens (tertiary/aromatic N) is 1. The Labute approximate surface area is 150 Å². The molecular formula is C14H19Cl3F4N2. The zero-order valence-electron chi connectivity index (χ0n) is 12.4. The van der Waals surface area contributed by atoms with Crippen LogP contribution in [0.3, 0.4) is 0 Å². The minimum Gasteiger partial charge on any atom is -0.314 e. The van der Waals surface area contributed by atoms with E-state index in [1.165, 1.54) is 0 Å². The molecule has 1 aromatic rings. The highest BCUT2D eigenvalue weighted by Gasteiger charge is 2.34. The third kappa shape index (κ3) is 5.36. The van der Waals surface area contributed by atoms with Crippen LogP contribution in [0.4, 0.5) is 17.6 Å². The summed E-state index contributed by atoms with van der Waals surface area (Å²) in [5, 5.41) is 2.69. The van der Waals surface area contributed by atoms with E-state index in [1.54, 1.807) is 0 Å². The number of nitrogens with one attached hydrogen (secondary N) is 1. The van der Waals surface area contributed by atoms with Crippen molar-refractivity contribution < 1.29 is 17.6 Å². The Bertz CT molecular complexity index is 506. The topological polar surface area (TPSA) is 15.3 Å². The minimum atomic E-state index is -4.53. The fraction of sp³-hybridized carbons (Fsp3) is 0.571. The van der Waals surface area contributed by atoms with Crippen LogP contribution >= 0.6 is 36.4 Å². The maximum absolute atomic E-state index is 14.2. The molecule has 134 valence electrons. The van der Waals surface area contributed by atoms with Crippen LogP contribution in [0.2, 0.25) is 5.02 Å². The van der Waals surface area contributed by atoms with E-state index in [2.05, 4.69) is 5.32 Å². The smallest absolute Gasteiger partial charge is 0.314 e. The van der Waals surface area contributed by atoms with Gasteiger partial charge in [-0.15, -0.1) is 24.8 Å². The highest BCUT2D eigenvalue weighted by molar-refractivity contribution is 6.30. The number of halogens is 7. The van der Waals surface area contributed by atoms with Crippen molar-refractivity contribution >= 4 is 36.4 Å². The number of benzene rings is 1. The minimum absolute atomic E-state index is 0. The number of hydrogen-bond donors (Lipinski definition) is 1. The van der Waals surface area contributed by atoms with Crippen LogP contribution in [0.25, 0.3) is 0 Å². The Morgan fingerprint density at radius 3 is 2.26 bits per heavy atom. The summed E-state index contributed by atoms with van der Waals surface area (Å²) in [4.78, 5) is 1.99. The molecule has 0 saturated carbocycles. The fourth-order valence-electron chi connectivity index (χ4n) is 2.69. The molecule has 23 heavy (non-hydrogen) atoms. The molecular weight excluding hydrogens is 379 g/mol. The molecule has 1 fully saturated rings. The molecule has 1 aliphatic heterocycles. The molecule has 2 nitrogen and oxygen atoms in total. The number of alkyl halides is 3. The van der Waals surface area contributed by atoms with Crippen molar-refractivity contribution in [3.8, 4) is 0 Å². The first-order chi connectivity index (χ1) is 9.84. The SMILES string of the molecule is CC[C@H](c1cc(C(F)(F)F)cc(Cl)c1F)N1CCNCC1.Cl.Cl. The van der Waals surface area contributed by atoms with Crippen LogP contribution < -0.4 is 5.32 Å². The first-order valence-corrected chi connectivity index (χ1v) is 7.23. The highest BCUT2D eigenvalue weighted by atomic mass is 35.5. The van der Waals surface area contributed by atoms with Gasteiger partial charge in [0.15, 0.2) is 0 Å². The highest BCUT2D eigenvalue weighted by Crippen LogP contribution is 2.37. The van der Waals surface area contributed by atoms with Gasteiger partial charge < -0.3 is 5.32 Å². The Morgan fingerprint density at radius 2 is 1.78 bits per heavy atom. The molecule has 0 bridgehead atoms. The summed E-state index contributed by atoms with van der Waals surface area (Å²) in [6.45, 7) is 4.66. The van der Waals surface area contributed by atoms with E-state index in [0.717, 1.165) is 19.2 Å². The molecule has 1 saturated heterocycles. The maximum atomic E-state index is 14.2. The van der Waals surface area contributed by atoms with Crippen molar-refractivity contribution in [2.75, 3.05) is 26.2 Å². The summed E-state index contributed by atoms with van der Waals surface area (Å²) < 4.78 is 52.9. The lowest BCUT2D eigenvalue weighted by Gasteiger charge is -2.35. The molecule has 9 heteroatoms. The van der Waals surface area contributed by atoms with Gasteiger partial charge in [-0.25, -0.2) is 4.39 Å². The zero-order chi connectivity index (χ0) is 15.6. The third-order valence-electron chi connectivity index (χ3n) is 3.72. The standard InChI is InChI=1S/C14H17ClF4N2.2ClH/c1-2-12(21-5-3-20-4-6-21)10-7-9(14(17,18)19)8-11(15)13(10)16;;/h7-8,12,20H,2-6H2,1H3;2*1H/t12-;;/m1../s1. The van der Waals surface area contributed by atoms with Crippen LogP contribution in [0.5, 0.6) is 0 Å². The second-order valence-corrected chi connectivity index (χ2v) is 5.48. The van der Waals surface area contributed by atoms with Crippen LogP contribution in [-0.2, 0) is 6.18 Å². The van der Waals surface area contributed by atoms with E-state index in [0.29, 0.717) is 25.6 Å². The van der Waals surface area contributed by atoms with Gasteiger partial charge in [-0.3, -0.25) is 4.90 Å². The summed E-state index contributed by atoms with van der Waals surface area (Å²) in [6.07, 6.45) is -4.01. The van der Waals surface area contributed by atoms with Crippen molar-refractivity contribution in [3.05, 3.63) is 34.1 Å². The molecule has 1 heterocycles. The first-order valence-electron chi connectivity index (χ1n) is 6.85. The Balaban J connectivity index is 0.00000242. The van der Waals surface area contributed by atoms with Crippen molar-refractivity contribution in [3.63, 3.8) is 0 Å². The number of piperazine rings is 1. The summed E-state index contributed by atoms with van der Waals surface area (Å²) in [6, 6.07) is 1.13. The molecule has 0 aromatic heterocycles. The zero-order valence-corrected chi connectivity index (χ0v) is 14.8. The lowest BCUT2D eigenvalue weighted by Crippen LogP contribution is -2.45. The third-order valence-corrected chi connectivity index (χ3v) is 4.00. The van der Waals surface area contributed by atoms with Gasteiger partial charge in [-0.1, -0.05) is 18.5 Å². The fourth-order valence-corrected chi connectivity index (χ4v) is 2.91. The summed E-state index contributed by atoms with van der Waals surface area (Å²) in [5.74, 6) is -0.755. The maximum Gasteiger partial charge on any atom is 0.416 e. The Morgan fingerprint density at radius 1 is 1.22 bits per heavy atom. The van der Waals surface area contributed by atoms with E-state index < -0.39 is 28.6 Å². The largest absolute Gasteiger partial charge is 0.416 e. The Hall–Kier alpha value is -0.270. The van der Waals surface area contributed by atoms with Gasteiger partial charge in [-0.05, 0) is 18.6 Å². The van der Waals surface area contributed by atoms with E-state index in [9.17, 15) is 17.6 Å².